The largest absolute Gasteiger partial charge is 0.396 e. The maximum Gasteiger partial charge on any atom is 0.313 e. The quantitative estimate of drug-likeness (QED) is 0.704. The highest BCUT2D eigenvalue weighted by atomic mass is 19.1. The molecule has 2 amide bonds. The van der Waals surface area contributed by atoms with Crippen LogP contribution in [0, 0.1) is 12.7 Å². The lowest BCUT2D eigenvalue weighted by Crippen LogP contribution is -2.38. The Morgan fingerprint density at radius 1 is 1.12 bits per heavy atom. The number of anilines is 1. The molecule has 0 aromatic heterocycles. The first-order valence-corrected chi connectivity index (χ1v) is 8.02. The summed E-state index contributed by atoms with van der Waals surface area (Å²) in [5.74, 6) is -2.49. The maximum atomic E-state index is 13.7. The Hall–Kier alpha value is -2.73. The first-order chi connectivity index (χ1) is 12.0. The van der Waals surface area contributed by atoms with Crippen LogP contribution >= 0.6 is 0 Å². The molecule has 2 aromatic carbocycles. The molecule has 0 saturated carbocycles. The molecule has 25 heavy (non-hydrogen) atoms. The Morgan fingerprint density at radius 2 is 1.84 bits per heavy atom. The van der Waals surface area contributed by atoms with Crippen LogP contribution in [-0.4, -0.2) is 30.1 Å². The van der Waals surface area contributed by atoms with E-state index in [9.17, 15) is 19.1 Å². The van der Waals surface area contributed by atoms with Gasteiger partial charge >= 0.3 is 11.8 Å². The molecule has 132 valence electrons. The SMILES string of the molecule is Cc1ccc(F)c(NC(=O)C(=O)NC[C@@H](CCO)c2ccccc2)c1. The lowest BCUT2D eigenvalue weighted by Gasteiger charge is -2.17. The fraction of sp³-hybridized carbons (Fsp3) is 0.263. The van der Waals surface area contributed by atoms with E-state index < -0.39 is 17.6 Å². The van der Waals surface area contributed by atoms with E-state index in [1.54, 1.807) is 13.0 Å². The average molecular weight is 344 g/mol. The minimum absolute atomic E-state index is 0.0316. The lowest BCUT2D eigenvalue weighted by molar-refractivity contribution is -0.136. The van der Waals surface area contributed by atoms with Crippen molar-refractivity contribution in [2.45, 2.75) is 19.3 Å². The third-order valence-corrected chi connectivity index (χ3v) is 3.83. The molecule has 0 fully saturated rings. The maximum absolute atomic E-state index is 13.7. The van der Waals surface area contributed by atoms with Crippen LogP contribution in [0.25, 0.3) is 0 Å². The summed E-state index contributed by atoms with van der Waals surface area (Å²) in [5.41, 5.74) is 1.70. The second-order valence-electron chi connectivity index (χ2n) is 5.77. The number of nitrogens with one attached hydrogen (secondary N) is 2. The molecular weight excluding hydrogens is 323 g/mol. The predicted octanol–water partition coefficient (Wildman–Crippen LogP) is 2.36. The molecule has 0 heterocycles. The van der Waals surface area contributed by atoms with Crippen molar-refractivity contribution >= 4 is 17.5 Å². The van der Waals surface area contributed by atoms with Crippen molar-refractivity contribution in [3.63, 3.8) is 0 Å². The van der Waals surface area contributed by atoms with E-state index in [1.165, 1.54) is 12.1 Å². The first-order valence-electron chi connectivity index (χ1n) is 8.02. The fourth-order valence-corrected chi connectivity index (χ4v) is 2.48. The molecule has 0 bridgehead atoms. The number of aliphatic hydroxyl groups excluding tert-OH is 1. The van der Waals surface area contributed by atoms with Crippen LogP contribution in [0.5, 0.6) is 0 Å². The van der Waals surface area contributed by atoms with E-state index >= 15 is 0 Å². The number of halogens is 1. The molecule has 1 atom stereocenters. The normalized spacial score (nSPS) is 11.6. The average Bonchev–Trinajstić information content (AvgIpc) is 2.62. The predicted molar refractivity (Wildman–Crippen MR) is 93.7 cm³/mol. The van der Waals surface area contributed by atoms with Gasteiger partial charge in [0.15, 0.2) is 0 Å². The summed E-state index contributed by atoms with van der Waals surface area (Å²) < 4.78 is 13.7. The first kappa shape index (κ1) is 18.6. The highest BCUT2D eigenvalue weighted by Gasteiger charge is 2.18. The molecule has 3 N–H and O–H groups in total. The van der Waals surface area contributed by atoms with Gasteiger partial charge in [-0.25, -0.2) is 4.39 Å². The van der Waals surface area contributed by atoms with Gasteiger partial charge in [0.2, 0.25) is 0 Å². The molecule has 0 radical (unpaired) electrons. The van der Waals surface area contributed by atoms with Gasteiger partial charge in [-0.2, -0.15) is 0 Å². The minimum Gasteiger partial charge on any atom is -0.396 e. The molecule has 0 aliphatic rings. The lowest BCUT2D eigenvalue weighted by atomic mass is 9.96. The molecule has 5 nitrogen and oxygen atoms in total. The zero-order valence-electron chi connectivity index (χ0n) is 14.0. The Kier molecular flexibility index (Phi) is 6.65. The van der Waals surface area contributed by atoms with E-state index in [2.05, 4.69) is 10.6 Å². The van der Waals surface area contributed by atoms with Gasteiger partial charge in [0.25, 0.3) is 0 Å². The van der Waals surface area contributed by atoms with Gasteiger partial charge in [0.05, 0.1) is 5.69 Å². The van der Waals surface area contributed by atoms with Gasteiger partial charge in [0, 0.05) is 19.1 Å². The number of hydrogen-bond donors (Lipinski definition) is 3. The van der Waals surface area contributed by atoms with E-state index in [4.69, 9.17) is 0 Å². The fourth-order valence-electron chi connectivity index (χ4n) is 2.48. The summed E-state index contributed by atoms with van der Waals surface area (Å²) >= 11 is 0. The third-order valence-electron chi connectivity index (χ3n) is 3.83. The molecule has 2 aromatic rings. The molecule has 0 unspecified atom stereocenters. The van der Waals surface area contributed by atoms with Crippen LogP contribution < -0.4 is 10.6 Å². The summed E-state index contributed by atoms with van der Waals surface area (Å²) in [6.45, 7) is 1.93. The highest BCUT2D eigenvalue weighted by Crippen LogP contribution is 2.18. The minimum atomic E-state index is -0.930. The zero-order chi connectivity index (χ0) is 18.2. The summed E-state index contributed by atoms with van der Waals surface area (Å²) in [6, 6.07) is 13.7. The number of amides is 2. The number of aliphatic hydroxyl groups is 1. The Morgan fingerprint density at radius 3 is 2.52 bits per heavy atom. The van der Waals surface area contributed by atoms with Crippen molar-refractivity contribution in [1.29, 1.82) is 0 Å². The van der Waals surface area contributed by atoms with Crippen LogP contribution in [0.3, 0.4) is 0 Å². The topological polar surface area (TPSA) is 78.4 Å². The molecule has 2 rings (SSSR count). The van der Waals surface area contributed by atoms with Crippen molar-refractivity contribution in [3.8, 4) is 0 Å². The highest BCUT2D eigenvalue weighted by molar-refractivity contribution is 6.39. The molecular formula is C19H21FN2O3. The summed E-state index contributed by atoms with van der Waals surface area (Å²) in [7, 11) is 0. The summed E-state index contributed by atoms with van der Waals surface area (Å²) in [6.07, 6.45) is 0.457. The Bertz CT molecular complexity index is 735. The van der Waals surface area contributed by atoms with Gasteiger partial charge in [-0.05, 0) is 36.6 Å². The van der Waals surface area contributed by atoms with Crippen molar-refractivity contribution in [1.82, 2.24) is 5.32 Å². The number of aryl methyl sites for hydroxylation is 1. The summed E-state index contributed by atoms with van der Waals surface area (Å²) in [5, 5.41) is 14.0. The second kappa shape index (κ2) is 8.94. The molecule has 0 saturated heterocycles. The van der Waals surface area contributed by atoms with Crippen LogP contribution in [-0.2, 0) is 9.59 Å². The van der Waals surface area contributed by atoms with Crippen molar-refractivity contribution in [2.24, 2.45) is 0 Å². The number of hydrogen-bond acceptors (Lipinski definition) is 3. The van der Waals surface area contributed by atoms with Crippen molar-refractivity contribution < 1.29 is 19.1 Å². The van der Waals surface area contributed by atoms with Crippen LogP contribution in [0.15, 0.2) is 48.5 Å². The number of carbonyl (C=O) groups excluding carboxylic acids is 2. The van der Waals surface area contributed by atoms with Gasteiger partial charge in [-0.3, -0.25) is 9.59 Å². The molecule has 0 aliphatic heterocycles. The Balaban J connectivity index is 1.96. The van der Waals surface area contributed by atoms with Crippen LogP contribution in [0.2, 0.25) is 0 Å². The van der Waals surface area contributed by atoms with Gasteiger partial charge in [-0.15, -0.1) is 0 Å². The van der Waals surface area contributed by atoms with Crippen LogP contribution in [0.1, 0.15) is 23.5 Å². The molecule has 6 heteroatoms. The van der Waals surface area contributed by atoms with Gasteiger partial charge in [-0.1, -0.05) is 36.4 Å². The smallest absolute Gasteiger partial charge is 0.313 e. The monoisotopic (exact) mass is 344 g/mol. The van der Waals surface area contributed by atoms with Gasteiger partial charge in [0.1, 0.15) is 5.82 Å². The van der Waals surface area contributed by atoms with E-state index in [0.717, 1.165) is 11.1 Å². The standard InChI is InChI=1S/C19H21FN2O3/c1-13-7-8-16(20)17(11-13)22-19(25)18(24)21-12-15(9-10-23)14-5-3-2-4-6-14/h2-8,11,15,23H,9-10,12H2,1H3,(H,21,24)(H,22,25)/t15-/m1/s1. The van der Waals surface area contributed by atoms with Crippen molar-refractivity contribution in [3.05, 3.63) is 65.5 Å². The van der Waals surface area contributed by atoms with E-state index in [0.29, 0.717) is 6.42 Å². The third kappa shape index (κ3) is 5.39. The number of carbonyl (C=O) groups is 2. The summed E-state index contributed by atoms with van der Waals surface area (Å²) in [4.78, 5) is 23.9. The van der Waals surface area contributed by atoms with E-state index in [1.807, 2.05) is 30.3 Å². The molecule has 0 aliphatic carbocycles. The van der Waals surface area contributed by atoms with Crippen molar-refractivity contribution in [2.75, 3.05) is 18.5 Å². The van der Waals surface area contributed by atoms with Crippen LogP contribution in [0.4, 0.5) is 10.1 Å². The Labute approximate surface area is 145 Å². The zero-order valence-corrected chi connectivity index (χ0v) is 14.0. The number of rotatable bonds is 6. The number of benzene rings is 2. The van der Waals surface area contributed by atoms with Gasteiger partial charge < -0.3 is 15.7 Å². The second-order valence-corrected chi connectivity index (χ2v) is 5.77. The molecule has 0 spiro atoms. The van der Waals surface area contributed by atoms with E-state index in [-0.39, 0.29) is 24.8 Å².